The predicted octanol–water partition coefficient (Wildman–Crippen LogP) is 1.38. The Bertz CT molecular complexity index is 508. The first-order chi connectivity index (χ1) is 6.22. The second-order valence-corrected chi connectivity index (χ2v) is 2.69. The Hall–Kier alpha value is -2.15. The molecule has 4 heteroatoms. The van der Waals surface area contributed by atoms with Crippen LogP contribution < -0.4 is 0 Å². The molecule has 4 nitrogen and oxygen atoms in total. The molecule has 0 fully saturated rings. The Morgan fingerprint density at radius 2 is 1.92 bits per heavy atom. The quantitative estimate of drug-likeness (QED) is 0.593. The number of rotatable bonds is 0. The molecule has 1 aromatic carbocycles. The number of phenolic OH excluding ortho intramolecular Hbond substituents is 2. The van der Waals surface area contributed by atoms with Gasteiger partial charge in [-0.1, -0.05) is 0 Å². The Labute approximate surface area is 73.9 Å². The van der Waals surface area contributed by atoms with Gasteiger partial charge in [-0.05, 0) is 12.1 Å². The fraction of sp³-hybridized carbons (Fsp3) is 0. The molecule has 0 aliphatic rings. The van der Waals surface area contributed by atoms with Crippen molar-refractivity contribution >= 4 is 10.9 Å². The summed E-state index contributed by atoms with van der Waals surface area (Å²) in [5.74, 6) is -0.397. The zero-order valence-corrected chi connectivity index (χ0v) is 6.60. The minimum absolute atomic E-state index is 0.178. The highest BCUT2D eigenvalue weighted by Crippen LogP contribution is 2.30. The van der Waals surface area contributed by atoms with Gasteiger partial charge in [0.25, 0.3) is 0 Å². The Balaban J connectivity index is 2.86. The Morgan fingerprint density at radius 1 is 1.23 bits per heavy atom. The van der Waals surface area contributed by atoms with Gasteiger partial charge in [-0.25, -0.2) is 0 Å². The van der Waals surface area contributed by atoms with Gasteiger partial charge in [-0.3, -0.25) is 4.57 Å². The van der Waals surface area contributed by atoms with Crippen LogP contribution in [-0.2, 0) is 0 Å². The molecule has 0 spiro atoms. The van der Waals surface area contributed by atoms with E-state index in [9.17, 15) is 5.11 Å². The molecule has 13 heavy (non-hydrogen) atoms. The molecule has 2 aromatic rings. The number of hydrogen-bond donors (Lipinski definition) is 2. The van der Waals surface area contributed by atoms with Crippen LogP contribution in [0.15, 0.2) is 24.4 Å². The highest BCUT2D eigenvalue weighted by atomic mass is 16.3. The van der Waals surface area contributed by atoms with Crippen LogP contribution in [0.1, 0.15) is 0 Å². The zero-order valence-electron chi connectivity index (χ0n) is 6.60. The molecule has 0 aliphatic heterocycles. The van der Waals surface area contributed by atoms with E-state index in [2.05, 4.69) is 0 Å². The standard InChI is InChI=1S/C9H6N2O2/c10-5-11-2-1-6-3-8(12)9(13)4-7(6)11/h1-4,12-13H. The van der Waals surface area contributed by atoms with Crippen LogP contribution in [-0.4, -0.2) is 14.8 Å². The van der Waals surface area contributed by atoms with Crippen molar-refractivity contribution < 1.29 is 10.2 Å². The summed E-state index contributed by atoms with van der Waals surface area (Å²) in [7, 11) is 0. The highest BCUT2D eigenvalue weighted by molar-refractivity contribution is 5.84. The average molecular weight is 174 g/mol. The molecule has 0 amide bonds. The summed E-state index contributed by atoms with van der Waals surface area (Å²) in [5, 5.41) is 27.7. The lowest BCUT2D eigenvalue weighted by Gasteiger charge is -1.97. The first kappa shape index (κ1) is 7.50. The molecule has 1 heterocycles. The molecule has 0 atom stereocenters. The first-order valence-electron chi connectivity index (χ1n) is 3.65. The summed E-state index contributed by atoms with van der Waals surface area (Å²) in [6.07, 6.45) is 3.49. The summed E-state index contributed by atoms with van der Waals surface area (Å²) in [4.78, 5) is 0. The van der Waals surface area contributed by atoms with Gasteiger partial charge in [-0.15, -0.1) is 0 Å². The number of nitrogens with zero attached hydrogens (tertiary/aromatic N) is 2. The van der Waals surface area contributed by atoms with Gasteiger partial charge in [0.05, 0.1) is 5.52 Å². The fourth-order valence-electron chi connectivity index (χ4n) is 1.25. The molecule has 2 rings (SSSR count). The van der Waals surface area contributed by atoms with E-state index < -0.39 is 0 Å². The van der Waals surface area contributed by atoms with Crippen molar-refractivity contribution in [1.82, 2.24) is 4.57 Å². The molecule has 0 unspecified atom stereocenters. The minimum Gasteiger partial charge on any atom is -0.504 e. The summed E-state index contributed by atoms with van der Waals surface area (Å²) in [6.45, 7) is 0. The zero-order chi connectivity index (χ0) is 9.42. The fourth-order valence-corrected chi connectivity index (χ4v) is 1.25. The average Bonchev–Trinajstić information content (AvgIpc) is 2.48. The van der Waals surface area contributed by atoms with Gasteiger partial charge in [0.1, 0.15) is 0 Å². The largest absolute Gasteiger partial charge is 0.504 e. The lowest BCUT2D eigenvalue weighted by Crippen LogP contribution is -1.83. The van der Waals surface area contributed by atoms with Gasteiger partial charge in [0.2, 0.25) is 0 Å². The molecule has 2 N–H and O–H groups in total. The van der Waals surface area contributed by atoms with Crippen molar-refractivity contribution in [1.29, 1.82) is 5.26 Å². The van der Waals surface area contributed by atoms with Crippen LogP contribution in [0.4, 0.5) is 0 Å². The third-order valence-electron chi connectivity index (χ3n) is 1.89. The monoisotopic (exact) mass is 174 g/mol. The molecule has 0 bridgehead atoms. The van der Waals surface area contributed by atoms with Crippen molar-refractivity contribution in [2.24, 2.45) is 0 Å². The van der Waals surface area contributed by atoms with Crippen molar-refractivity contribution in [3.63, 3.8) is 0 Å². The summed E-state index contributed by atoms with van der Waals surface area (Å²) in [6, 6.07) is 4.46. The molecule has 64 valence electrons. The van der Waals surface area contributed by atoms with Crippen LogP contribution in [0.3, 0.4) is 0 Å². The number of phenols is 2. The number of nitriles is 1. The van der Waals surface area contributed by atoms with Gasteiger partial charge in [-0.2, -0.15) is 5.26 Å². The third-order valence-corrected chi connectivity index (χ3v) is 1.89. The van der Waals surface area contributed by atoms with E-state index in [0.717, 1.165) is 5.39 Å². The van der Waals surface area contributed by atoms with Crippen molar-refractivity contribution in [2.75, 3.05) is 0 Å². The molecule has 1 aromatic heterocycles. The number of benzene rings is 1. The smallest absolute Gasteiger partial charge is 0.188 e. The van der Waals surface area contributed by atoms with Crippen LogP contribution >= 0.6 is 0 Å². The lowest BCUT2D eigenvalue weighted by atomic mass is 10.2. The topological polar surface area (TPSA) is 69.2 Å². The van der Waals surface area contributed by atoms with E-state index in [1.165, 1.54) is 16.7 Å². The maximum atomic E-state index is 9.18. The van der Waals surface area contributed by atoms with Crippen LogP contribution in [0.5, 0.6) is 11.5 Å². The molecule has 0 radical (unpaired) electrons. The van der Waals surface area contributed by atoms with Gasteiger partial charge in [0.15, 0.2) is 17.7 Å². The minimum atomic E-state index is -0.220. The number of aromatic hydroxyl groups is 2. The van der Waals surface area contributed by atoms with E-state index in [1.807, 2.05) is 6.19 Å². The predicted molar refractivity (Wildman–Crippen MR) is 46.3 cm³/mol. The van der Waals surface area contributed by atoms with E-state index in [0.29, 0.717) is 5.52 Å². The normalized spacial score (nSPS) is 10.1. The van der Waals surface area contributed by atoms with Crippen molar-refractivity contribution in [3.05, 3.63) is 24.4 Å². The van der Waals surface area contributed by atoms with Crippen LogP contribution in [0.25, 0.3) is 10.9 Å². The number of fused-ring (bicyclic) bond motifs is 1. The number of aromatic nitrogens is 1. The van der Waals surface area contributed by atoms with Crippen molar-refractivity contribution in [3.8, 4) is 17.7 Å². The van der Waals surface area contributed by atoms with Gasteiger partial charge in [0, 0.05) is 17.6 Å². The maximum Gasteiger partial charge on any atom is 0.188 e. The molecule has 0 saturated heterocycles. The summed E-state index contributed by atoms with van der Waals surface area (Å²) in [5.41, 5.74) is 0.581. The second-order valence-electron chi connectivity index (χ2n) is 2.69. The van der Waals surface area contributed by atoms with E-state index in [-0.39, 0.29) is 11.5 Å². The van der Waals surface area contributed by atoms with E-state index >= 15 is 0 Å². The van der Waals surface area contributed by atoms with Crippen molar-refractivity contribution in [2.45, 2.75) is 0 Å². The molecular formula is C9H6N2O2. The molecule has 0 aliphatic carbocycles. The van der Waals surface area contributed by atoms with Gasteiger partial charge < -0.3 is 10.2 Å². The van der Waals surface area contributed by atoms with Gasteiger partial charge >= 0.3 is 0 Å². The second kappa shape index (κ2) is 2.42. The third kappa shape index (κ3) is 0.983. The maximum absolute atomic E-state index is 9.18. The van der Waals surface area contributed by atoms with E-state index in [1.54, 1.807) is 12.3 Å². The van der Waals surface area contributed by atoms with Crippen LogP contribution in [0.2, 0.25) is 0 Å². The SMILES string of the molecule is N#Cn1ccc2cc(O)c(O)cc21. The Kier molecular flexibility index (Phi) is 1.40. The Morgan fingerprint density at radius 3 is 2.62 bits per heavy atom. The van der Waals surface area contributed by atoms with Crippen LogP contribution in [0, 0.1) is 11.5 Å². The summed E-state index contributed by atoms with van der Waals surface area (Å²) < 4.78 is 1.31. The highest BCUT2D eigenvalue weighted by Gasteiger charge is 2.05. The van der Waals surface area contributed by atoms with E-state index in [4.69, 9.17) is 10.4 Å². The number of hydrogen-bond acceptors (Lipinski definition) is 3. The first-order valence-corrected chi connectivity index (χ1v) is 3.65. The summed E-state index contributed by atoms with van der Waals surface area (Å²) >= 11 is 0. The molecule has 0 saturated carbocycles. The molecular weight excluding hydrogens is 168 g/mol. The lowest BCUT2D eigenvalue weighted by molar-refractivity contribution is 0.405.